The van der Waals surface area contributed by atoms with Crippen molar-refractivity contribution in [2.45, 2.75) is 0 Å². The highest BCUT2D eigenvalue weighted by atomic mass is 16.5. The van der Waals surface area contributed by atoms with Crippen molar-refractivity contribution in [1.82, 2.24) is 10.9 Å². The Balaban J connectivity index is 1.86. The molecule has 5 nitrogen and oxygen atoms in total. The Bertz CT molecular complexity index is 430. The minimum absolute atomic E-state index is 0.0150. The normalized spacial score (nSPS) is 19.9. The lowest BCUT2D eigenvalue weighted by molar-refractivity contribution is -0.121. The fourth-order valence-electron chi connectivity index (χ4n) is 2.26. The molecular weight excluding hydrogens is 218 g/mol. The van der Waals surface area contributed by atoms with Crippen LogP contribution < -0.4 is 20.5 Å². The largest absolute Gasteiger partial charge is 0.490 e. The van der Waals surface area contributed by atoms with Crippen LogP contribution in [-0.4, -0.2) is 32.1 Å². The molecule has 0 atom stereocenters. The molecule has 0 unspecified atom stereocenters. The van der Waals surface area contributed by atoms with Crippen molar-refractivity contribution in [3.8, 4) is 5.75 Å². The summed E-state index contributed by atoms with van der Waals surface area (Å²) in [4.78, 5) is 14.2. The molecule has 0 bridgehead atoms. The molecule has 2 heterocycles. The van der Waals surface area contributed by atoms with E-state index in [1.807, 2.05) is 29.2 Å². The second-order valence-corrected chi connectivity index (χ2v) is 4.26. The maximum absolute atomic E-state index is 12.4. The van der Waals surface area contributed by atoms with Gasteiger partial charge in [-0.3, -0.25) is 15.6 Å². The molecule has 1 amide bonds. The molecule has 2 aliphatic heterocycles. The first-order valence-corrected chi connectivity index (χ1v) is 5.85. The number of carbonyl (C=O) groups is 1. The number of carbonyl (C=O) groups excluding carboxylic acids is 1. The second-order valence-electron chi connectivity index (χ2n) is 4.26. The number of amides is 1. The molecule has 2 N–H and O–H groups in total. The quantitative estimate of drug-likeness (QED) is 0.724. The topological polar surface area (TPSA) is 53.6 Å². The molecule has 2 aliphatic rings. The Morgan fingerprint density at radius 3 is 2.88 bits per heavy atom. The predicted molar refractivity (Wildman–Crippen MR) is 63.8 cm³/mol. The third-order valence-corrected chi connectivity index (χ3v) is 3.17. The number of benzene rings is 1. The number of hydrogen-bond donors (Lipinski definition) is 2. The third-order valence-electron chi connectivity index (χ3n) is 3.17. The summed E-state index contributed by atoms with van der Waals surface area (Å²) >= 11 is 0. The Hall–Kier alpha value is -1.59. The van der Waals surface area contributed by atoms with Crippen LogP contribution in [0, 0.1) is 5.92 Å². The average Bonchev–Trinajstić information content (AvgIpc) is 2.91. The molecule has 0 saturated carbocycles. The molecule has 17 heavy (non-hydrogen) atoms. The summed E-state index contributed by atoms with van der Waals surface area (Å²) in [6.07, 6.45) is 0. The summed E-state index contributed by atoms with van der Waals surface area (Å²) in [6, 6.07) is 7.69. The van der Waals surface area contributed by atoms with E-state index < -0.39 is 0 Å². The lowest BCUT2D eigenvalue weighted by Crippen LogP contribution is -2.42. The van der Waals surface area contributed by atoms with Crippen LogP contribution in [0.3, 0.4) is 0 Å². The molecule has 0 radical (unpaired) electrons. The molecule has 1 saturated heterocycles. The Labute approximate surface area is 99.7 Å². The van der Waals surface area contributed by atoms with Crippen LogP contribution in [0.5, 0.6) is 5.75 Å². The van der Waals surface area contributed by atoms with Crippen molar-refractivity contribution in [3.63, 3.8) is 0 Å². The highest BCUT2D eigenvalue weighted by molar-refractivity contribution is 5.97. The number of para-hydroxylation sites is 2. The lowest BCUT2D eigenvalue weighted by Gasteiger charge is -2.30. The van der Waals surface area contributed by atoms with Gasteiger partial charge in [-0.1, -0.05) is 12.1 Å². The monoisotopic (exact) mass is 233 g/mol. The van der Waals surface area contributed by atoms with E-state index >= 15 is 0 Å². The van der Waals surface area contributed by atoms with E-state index in [0.717, 1.165) is 11.4 Å². The second kappa shape index (κ2) is 4.35. The van der Waals surface area contributed by atoms with E-state index in [9.17, 15) is 4.79 Å². The SMILES string of the molecule is O=C(C1CNNC1)N1CCOc2ccccc21. The minimum atomic E-state index is 0.0150. The van der Waals surface area contributed by atoms with Crippen LogP contribution in [0.4, 0.5) is 5.69 Å². The fourth-order valence-corrected chi connectivity index (χ4v) is 2.26. The first-order chi connectivity index (χ1) is 8.36. The maximum atomic E-state index is 12.4. The van der Waals surface area contributed by atoms with Crippen molar-refractivity contribution >= 4 is 11.6 Å². The van der Waals surface area contributed by atoms with Gasteiger partial charge in [-0.2, -0.15) is 0 Å². The van der Waals surface area contributed by atoms with Crippen LogP contribution in [0.1, 0.15) is 0 Å². The van der Waals surface area contributed by atoms with Crippen LogP contribution >= 0.6 is 0 Å². The zero-order valence-electron chi connectivity index (χ0n) is 9.48. The van der Waals surface area contributed by atoms with Crippen LogP contribution in [0.15, 0.2) is 24.3 Å². The van der Waals surface area contributed by atoms with Crippen molar-refractivity contribution in [1.29, 1.82) is 0 Å². The van der Waals surface area contributed by atoms with Gasteiger partial charge < -0.3 is 9.64 Å². The van der Waals surface area contributed by atoms with Crippen molar-refractivity contribution in [3.05, 3.63) is 24.3 Å². The van der Waals surface area contributed by atoms with Gasteiger partial charge in [0.15, 0.2) is 0 Å². The highest BCUT2D eigenvalue weighted by Gasteiger charge is 2.30. The molecule has 0 aliphatic carbocycles. The number of hydrazine groups is 1. The molecule has 5 heteroatoms. The van der Waals surface area contributed by atoms with Gasteiger partial charge in [-0.25, -0.2) is 0 Å². The number of nitrogens with one attached hydrogen (secondary N) is 2. The third kappa shape index (κ3) is 1.87. The van der Waals surface area contributed by atoms with E-state index in [1.165, 1.54) is 0 Å². The van der Waals surface area contributed by atoms with Crippen molar-refractivity contribution in [2.24, 2.45) is 5.92 Å². The van der Waals surface area contributed by atoms with Crippen LogP contribution in [0.25, 0.3) is 0 Å². The summed E-state index contributed by atoms with van der Waals surface area (Å²) in [5.74, 6) is 0.977. The van der Waals surface area contributed by atoms with Crippen LogP contribution in [0.2, 0.25) is 0 Å². The smallest absolute Gasteiger partial charge is 0.233 e. The molecule has 90 valence electrons. The standard InChI is InChI=1S/C12H15N3O2/c16-12(9-7-13-14-8-9)15-5-6-17-11-4-2-1-3-10(11)15/h1-4,9,13-14H,5-8H2. The number of nitrogens with zero attached hydrogens (tertiary/aromatic N) is 1. The molecule has 0 spiro atoms. The van der Waals surface area contributed by atoms with E-state index in [4.69, 9.17) is 4.74 Å². The first kappa shape index (κ1) is 10.6. The summed E-state index contributed by atoms with van der Waals surface area (Å²) < 4.78 is 5.54. The van der Waals surface area contributed by atoms with Gasteiger partial charge in [0.05, 0.1) is 18.2 Å². The van der Waals surface area contributed by atoms with Crippen molar-refractivity contribution < 1.29 is 9.53 Å². The summed E-state index contributed by atoms with van der Waals surface area (Å²) in [5, 5.41) is 0. The number of hydrogen-bond acceptors (Lipinski definition) is 4. The van der Waals surface area contributed by atoms with E-state index in [-0.39, 0.29) is 11.8 Å². The lowest BCUT2D eigenvalue weighted by atomic mass is 10.1. The Morgan fingerprint density at radius 1 is 1.29 bits per heavy atom. The fraction of sp³-hybridized carbons (Fsp3) is 0.417. The van der Waals surface area contributed by atoms with Gasteiger partial charge in [0, 0.05) is 13.1 Å². The molecular formula is C12H15N3O2. The molecule has 1 aromatic carbocycles. The molecule has 1 aromatic rings. The van der Waals surface area contributed by atoms with E-state index in [2.05, 4.69) is 10.9 Å². The van der Waals surface area contributed by atoms with Gasteiger partial charge in [0.1, 0.15) is 12.4 Å². The Morgan fingerprint density at radius 2 is 2.06 bits per heavy atom. The predicted octanol–water partition coefficient (Wildman–Crippen LogP) is 0.136. The number of rotatable bonds is 1. The average molecular weight is 233 g/mol. The maximum Gasteiger partial charge on any atom is 0.233 e. The van der Waals surface area contributed by atoms with Gasteiger partial charge in [-0.05, 0) is 12.1 Å². The number of ether oxygens (including phenoxy) is 1. The Kier molecular flexibility index (Phi) is 2.70. The first-order valence-electron chi connectivity index (χ1n) is 5.85. The molecule has 3 rings (SSSR count). The molecule has 1 fully saturated rings. The van der Waals surface area contributed by atoms with Crippen LogP contribution in [-0.2, 0) is 4.79 Å². The zero-order chi connectivity index (χ0) is 11.7. The van der Waals surface area contributed by atoms with Gasteiger partial charge in [0.25, 0.3) is 0 Å². The minimum Gasteiger partial charge on any atom is -0.490 e. The summed E-state index contributed by atoms with van der Waals surface area (Å²) in [5.41, 5.74) is 6.86. The van der Waals surface area contributed by atoms with Crippen molar-refractivity contribution in [2.75, 3.05) is 31.1 Å². The zero-order valence-corrected chi connectivity index (χ0v) is 9.48. The van der Waals surface area contributed by atoms with Gasteiger partial charge in [0.2, 0.25) is 5.91 Å². The van der Waals surface area contributed by atoms with E-state index in [0.29, 0.717) is 26.2 Å². The number of fused-ring (bicyclic) bond motifs is 1. The van der Waals surface area contributed by atoms with Gasteiger partial charge in [-0.15, -0.1) is 0 Å². The van der Waals surface area contributed by atoms with E-state index in [1.54, 1.807) is 0 Å². The van der Waals surface area contributed by atoms with Gasteiger partial charge >= 0.3 is 0 Å². The summed E-state index contributed by atoms with van der Waals surface area (Å²) in [6.45, 7) is 2.58. The molecule has 0 aromatic heterocycles. The summed E-state index contributed by atoms with van der Waals surface area (Å²) in [7, 11) is 0. The number of anilines is 1. The highest BCUT2D eigenvalue weighted by Crippen LogP contribution is 2.31.